The first-order valence-corrected chi connectivity index (χ1v) is 6.99. The molecule has 0 aliphatic heterocycles. The normalized spacial score (nSPS) is 10.3. The number of phenols is 1. The molecule has 0 bridgehead atoms. The summed E-state index contributed by atoms with van der Waals surface area (Å²) in [7, 11) is 0. The highest BCUT2D eigenvalue weighted by atomic mass is 35.5. The van der Waals surface area contributed by atoms with Crippen LogP contribution in [0.2, 0.25) is 10.0 Å². The third-order valence-electron chi connectivity index (χ3n) is 2.71. The maximum Gasteiger partial charge on any atom is 0.156 e. The van der Waals surface area contributed by atoms with E-state index in [9.17, 15) is 5.11 Å². The molecule has 2 N–H and O–H groups in total. The lowest BCUT2D eigenvalue weighted by Gasteiger charge is -2.11. The fourth-order valence-electron chi connectivity index (χ4n) is 1.78. The quantitative estimate of drug-likeness (QED) is 0.786. The van der Waals surface area contributed by atoms with Gasteiger partial charge in [0.05, 0.1) is 16.7 Å². The summed E-state index contributed by atoms with van der Waals surface area (Å²) in [6.45, 7) is 2.98. The van der Waals surface area contributed by atoms with E-state index in [1.165, 1.54) is 0 Å². The molecule has 106 valence electrons. The molecule has 0 saturated carbocycles. The predicted molar refractivity (Wildman–Crippen MR) is 83.1 cm³/mol. The van der Waals surface area contributed by atoms with Gasteiger partial charge < -0.3 is 15.2 Å². The van der Waals surface area contributed by atoms with Crippen LogP contribution in [0.15, 0.2) is 36.4 Å². The van der Waals surface area contributed by atoms with Gasteiger partial charge in [-0.25, -0.2) is 0 Å². The lowest BCUT2D eigenvalue weighted by Crippen LogP contribution is -2.00. The van der Waals surface area contributed by atoms with Crippen molar-refractivity contribution in [1.82, 2.24) is 0 Å². The second-order valence-electron chi connectivity index (χ2n) is 4.22. The van der Waals surface area contributed by atoms with Crippen molar-refractivity contribution in [3.8, 4) is 11.5 Å². The molecule has 2 aromatic carbocycles. The average Bonchev–Trinajstić information content (AvgIpc) is 2.42. The molecule has 0 heterocycles. The molecule has 20 heavy (non-hydrogen) atoms. The molecule has 2 aromatic rings. The van der Waals surface area contributed by atoms with Crippen LogP contribution in [0.3, 0.4) is 0 Å². The zero-order valence-electron chi connectivity index (χ0n) is 11.0. The van der Waals surface area contributed by atoms with Gasteiger partial charge in [-0.15, -0.1) is 0 Å². The average molecular weight is 312 g/mol. The highest BCUT2D eigenvalue weighted by Crippen LogP contribution is 2.34. The van der Waals surface area contributed by atoms with Gasteiger partial charge in [-0.05, 0) is 48.9 Å². The summed E-state index contributed by atoms with van der Waals surface area (Å²) < 4.78 is 5.39. The lowest BCUT2D eigenvalue weighted by molar-refractivity contribution is 0.340. The molecule has 0 fully saturated rings. The van der Waals surface area contributed by atoms with E-state index in [1.54, 1.807) is 24.3 Å². The van der Waals surface area contributed by atoms with Crippen LogP contribution >= 0.6 is 23.2 Å². The molecule has 0 unspecified atom stereocenters. The van der Waals surface area contributed by atoms with Crippen LogP contribution < -0.4 is 10.1 Å². The fourth-order valence-corrected chi connectivity index (χ4v) is 2.42. The lowest BCUT2D eigenvalue weighted by atomic mass is 10.2. The van der Waals surface area contributed by atoms with E-state index in [2.05, 4.69) is 5.32 Å². The van der Waals surface area contributed by atoms with Crippen LogP contribution in [-0.4, -0.2) is 11.7 Å². The van der Waals surface area contributed by atoms with Gasteiger partial charge in [0, 0.05) is 12.2 Å². The van der Waals surface area contributed by atoms with Gasteiger partial charge >= 0.3 is 0 Å². The summed E-state index contributed by atoms with van der Waals surface area (Å²) in [6.07, 6.45) is 0. The number of nitrogens with one attached hydrogen (secondary N) is 1. The van der Waals surface area contributed by atoms with Gasteiger partial charge in [-0.2, -0.15) is 0 Å². The number of hydrogen-bond donors (Lipinski definition) is 2. The Morgan fingerprint density at radius 3 is 2.25 bits per heavy atom. The number of phenolic OH excluding ortho intramolecular Hbond substituents is 1. The van der Waals surface area contributed by atoms with E-state index in [1.807, 2.05) is 19.1 Å². The highest BCUT2D eigenvalue weighted by molar-refractivity contribution is 6.37. The van der Waals surface area contributed by atoms with Gasteiger partial charge in [-0.1, -0.05) is 23.2 Å². The van der Waals surface area contributed by atoms with Gasteiger partial charge in [0.25, 0.3) is 0 Å². The molecule has 0 atom stereocenters. The Bertz CT molecular complexity index is 562. The second kappa shape index (κ2) is 6.73. The molecule has 0 aromatic heterocycles. The maximum atomic E-state index is 9.22. The summed E-state index contributed by atoms with van der Waals surface area (Å²) in [6, 6.07) is 10.5. The zero-order valence-corrected chi connectivity index (χ0v) is 12.5. The van der Waals surface area contributed by atoms with Crippen LogP contribution in [0.1, 0.15) is 12.5 Å². The van der Waals surface area contributed by atoms with Crippen molar-refractivity contribution < 1.29 is 9.84 Å². The third kappa shape index (κ3) is 3.71. The first-order valence-electron chi connectivity index (χ1n) is 6.23. The van der Waals surface area contributed by atoms with Crippen LogP contribution in [0.5, 0.6) is 11.5 Å². The minimum absolute atomic E-state index is 0.239. The molecule has 0 aliphatic rings. The van der Waals surface area contributed by atoms with Crippen LogP contribution in [-0.2, 0) is 6.54 Å². The maximum absolute atomic E-state index is 9.22. The van der Waals surface area contributed by atoms with Gasteiger partial charge in [0.15, 0.2) is 5.75 Å². The monoisotopic (exact) mass is 311 g/mol. The van der Waals surface area contributed by atoms with Crippen molar-refractivity contribution in [3.63, 3.8) is 0 Å². The smallest absolute Gasteiger partial charge is 0.156 e. The molecule has 5 heteroatoms. The molecule has 0 saturated heterocycles. The first-order chi connectivity index (χ1) is 9.60. The van der Waals surface area contributed by atoms with Gasteiger partial charge in [0.1, 0.15) is 5.75 Å². The second-order valence-corrected chi connectivity index (χ2v) is 5.04. The molecular formula is C15H15Cl2NO2. The van der Waals surface area contributed by atoms with Crippen LogP contribution in [0.4, 0.5) is 5.69 Å². The van der Waals surface area contributed by atoms with Crippen LogP contribution in [0.25, 0.3) is 0 Å². The zero-order chi connectivity index (χ0) is 14.5. The van der Waals surface area contributed by atoms with E-state index >= 15 is 0 Å². The van der Waals surface area contributed by atoms with Crippen molar-refractivity contribution in [3.05, 3.63) is 52.0 Å². The first kappa shape index (κ1) is 14.8. The number of aromatic hydroxyl groups is 1. The Kier molecular flexibility index (Phi) is 4.99. The Labute approximate surface area is 128 Å². The van der Waals surface area contributed by atoms with E-state index < -0.39 is 0 Å². The number of halogens is 2. The number of anilines is 1. The molecule has 0 aliphatic carbocycles. The van der Waals surface area contributed by atoms with E-state index in [-0.39, 0.29) is 5.75 Å². The van der Waals surface area contributed by atoms with Crippen molar-refractivity contribution in [2.24, 2.45) is 0 Å². The molecule has 0 amide bonds. The largest absolute Gasteiger partial charge is 0.508 e. The van der Waals surface area contributed by atoms with E-state index in [0.29, 0.717) is 28.9 Å². The van der Waals surface area contributed by atoms with Crippen molar-refractivity contribution in [1.29, 1.82) is 0 Å². The topological polar surface area (TPSA) is 41.5 Å². The van der Waals surface area contributed by atoms with Crippen molar-refractivity contribution in [2.75, 3.05) is 11.9 Å². The number of hydrogen-bond acceptors (Lipinski definition) is 3. The summed E-state index contributed by atoms with van der Waals surface area (Å²) in [5.41, 5.74) is 1.86. The minimum Gasteiger partial charge on any atom is -0.508 e. The predicted octanol–water partition coefficient (Wildman–Crippen LogP) is 4.71. The number of ether oxygens (including phenoxy) is 1. The van der Waals surface area contributed by atoms with E-state index in [0.717, 1.165) is 11.3 Å². The summed E-state index contributed by atoms with van der Waals surface area (Å²) >= 11 is 12.3. The standard InChI is InChI=1S/C15H15Cl2NO2/c1-2-20-15-13(16)7-10(8-14(15)17)9-18-11-3-5-12(19)6-4-11/h3-8,18-19H,2,9H2,1H3. The Morgan fingerprint density at radius 2 is 1.70 bits per heavy atom. The molecular weight excluding hydrogens is 297 g/mol. The van der Waals surface area contributed by atoms with Crippen LogP contribution in [0, 0.1) is 0 Å². The minimum atomic E-state index is 0.239. The van der Waals surface area contributed by atoms with E-state index in [4.69, 9.17) is 27.9 Å². The summed E-state index contributed by atoms with van der Waals surface area (Å²) in [5, 5.41) is 13.4. The number of benzene rings is 2. The summed E-state index contributed by atoms with van der Waals surface area (Å²) in [4.78, 5) is 0. The molecule has 3 nitrogen and oxygen atoms in total. The Morgan fingerprint density at radius 1 is 1.10 bits per heavy atom. The third-order valence-corrected chi connectivity index (χ3v) is 3.27. The molecule has 0 radical (unpaired) electrons. The van der Waals surface area contributed by atoms with Crippen molar-refractivity contribution in [2.45, 2.75) is 13.5 Å². The molecule has 0 spiro atoms. The Balaban J connectivity index is 2.08. The number of rotatable bonds is 5. The van der Waals surface area contributed by atoms with Crippen molar-refractivity contribution >= 4 is 28.9 Å². The summed E-state index contributed by atoms with van der Waals surface area (Å²) in [5.74, 6) is 0.756. The highest BCUT2D eigenvalue weighted by Gasteiger charge is 2.09. The fraction of sp³-hybridized carbons (Fsp3) is 0.200. The van der Waals surface area contributed by atoms with Gasteiger partial charge in [-0.3, -0.25) is 0 Å². The Hall–Kier alpha value is -1.58. The molecule has 2 rings (SSSR count). The van der Waals surface area contributed by atoms with Gasteiger partial charge in [0.2, 0.25) is 0 Å². The SMILES string of the molecule is CCOc1c(Cl)cc(CNc2ccc(O)cc2)cc1Cl.